The van der Waals surface area contributed by atoms with E-state index in [1.807, 2.05) is 0 Å². The van der Waals surface area contributed by atoms with E-state index in [0.29, 0.717) is 5.69 Å². The minimum Gasteiger partial charge on any atom is -0.480 e. The summed E-state index contributed by atoms with van der Waals surface area (Å²) in [7, 11) is 0. The summed E-state index contributed by atoms with van der Waals surface area (Å²) in [5, 5.41) is 8.65. The summed E-state index contributed by atoms with van der Waals surface area (Å²) < 4.78 is 5.13. The molecule has 1 aliphatic rings. The Labute approximate surface area is 115 Å². The first-order valence-corrected chi connectivity index (χ1v) is 6.25. The highest BCUT2D eigenvalue weighted by Gasteiger charge is 2.43. The fraction of sp³-hybridized carbons (Fsp3) is 0.357. The summed E-state index contributed by atoms with van der Waals surface area (Å²) in [5.74, 6) is -2.30. The van der Waals surface area contributed by atoms with Gasteiger partial charge in [0, 0.05) is 11.8 Å². The second-order valence-electron chi connectivity index (χ2n) is 4.74. The zero-order valence-corrected chi connectivity index (χ0v) is 11.2. The van der Waals surface area contributed by atoms with Gasteiger partial charge < -0.3 is 9.84 Å². The lowest BCUT2D eigenvalue weighted by Gasteiger charge is -2.18. The van der Waals surface area contributed by atoms with Gasteiger partial charge in [0.1, 0.15) is 5.75 Å². The Balaban J connectivity index is 2.35. The summed E-state index contributed by atoms with van der Waals surface area (Å²) in [6.07, 6.45) is 0. The van der Waals surface area contributed by atoms with Gasteiger partial charge in [-0.2, -0.15) is 0 Å². The molecule has 0 bridgehead atoms. The van der Waals surface area contributed by atoms with E-state index in [0.717, 1.165) is 4.90 Å². The Bertz CT molecular complexity index is 548. The van der Waals surface area contributed by atoms with Crippen molar-refractivity contribution in [3.05, 3.63) is 24.3 Å². The van der Waals surface area contributed by atoms with Gasteiger partial charge in [0.2, 0.25) is 11.8 Å². The zero-order valence-electron chi connectivity index (χ0n) is 11.2. The highest BCUT2D eigenvalue weighted by Crippen LogP contribution is 2.35. The van der Waals surface area contributed by atoms with E-state index in [9.17, 15) is 14.4 Å². The molecule has 2 atom stereocenters. The van der Waals surface area contributed by atoms with Crippen molar-refractivity contribution in [3.8, 4) is 5.75 Å². The van der Waals surface area contributed by atoms with Gasteiger partial charge in [0.05, 0.1) is 5.69 Å². The Morgan fingerprint density at radius 3 is 2.30 bits per heavy atom. The third kappa shape index (κ3) is 2.36. The lowest BCUT2D eigenvalue weighted by atomic mass is 10.00. The van der Waals surface area contributed by atoms with Crippen LogP contribution in [-0.2, 0) is 14.4 Å². The Morgan fingerprint density at radius 1 is 1.20 bits per heavy atom. The predicted molar refractivity (Wildman–Crippen MR) is 70.4 cm³/mol. The van der Waals surface area contributed by atoms with Crippen LogP contribution in [0.1, 0.15) is 13.8 Å². The number of para-hydroxylation sites is 2. The Kier molecular flexibility index (Phi) is 3.74. The molecule has 1 aromatic rings. The number of hydrogen-bond acceptors (Lipinski definition) is 4. The minimum absolute atomic E-state index is 0.206. The lowest BCUT2D eigenvalue weighted by molar-refractivity contribution is -0.139. The number of benzene rings is 1. The Morgan fingerprint density at radius 2 is 1.75 bits per heavy atom. The number of carboxylic acid groups (broad SMARTS) is 1. The van der Waals surface area contributed by atoms with Crippen LogP contribution in [0.3, 0.4) is 0 Å². The second kappa shape index (κ2) is 5.32. The monoisotopic (exact) mass is 277 g/mol. The lowest BCUT2D eigenvalue weighted by Crippen LogP contribution is -2.31. The number of aliphatic carboxylic acids is 1. The van der Waals surface area contributed by atoms with Gasteiger partial charge in [-0.15, -0.1) is 0 Å². The van der Waals surface area contributed by atoms with Crippen molar-refractivity contribution in [2.75, 3.05) is 11.5 Å². The van der Waals surface area contributed by atoms with Crippen LogP contribution in [0, 0.1) is 11.8 Å². The van der Waals surface area contributed by atoms with Gasteiger partial charge in [0.25, 0.3) is 0 Å². The molecule has 1 fully saturated rings. The fourth-order valence-electron chi connectivity index (χ4n) is 2.08. The number of nitrogens with zero attached hydrogens (tertiary/aromatic N) is 1. The van der Waals surface area contributed by atoms with Crippen LogP contribution < -0.4 is 9.64 Å². The van der Waals surface area contributed by atoms with Gasteiger partial charge >= 0.3 is 5.97 Å². The maximum absolute atomic E-state index is 12.2. The van der Waals surface area contributed by atoms with Gasteiger partial charge in [-0.25, -0.2) is 9.69 Å². The first-order chi connectivity index (χ1) is 9.43. The molecule has 6 nitrogen and oxygen atoms in total. The molecule has 1 aliphatic heterocycles. The molecule has 2 unspecified atom stereocenters. The van der Waals surface area contributed by atoms with Gasteiger partial charge in [0.15, 0.2) is 6.61 Å². The van der Waals surface area contributed by atoms with Crippen LogP contribution in [-0.4, -0.2) is 29.5 Å². The van der Waals surface area contributed by atoms with Crippen molar-refractivity contribution in [3.63, 3.8) is 0 Å². The van der Waals surface area contributed by atoms with Crippen LogP contribution >= 0.6 is 0 Å². The van der Waals surface area contributed by atoms with Crippen LogP contribution in [0.4, 0.5) is 5.69 Å². The van der Waals surface area contributed by atoms with E-state index in [2.05, 4.69) is 0 Å². The molecular formula is C14H15NO5. The third-order valence-electron chi connectivity index (χ3n) is 3.43. The fourth-order valence-corrected chi connectivity index (χ4v) is 2.08. The number of carboxylic acids is 1. The van der Waals surface area contributed by atoms with Crippen molar-refractivity contribution in [1.82, 2.24) is 0 Å². The number of ether oxygens (including phenoxy) is 1. The van der Waals surface area contributed by atoms with E-state index >= 15 is 0 Å². The summed E-state index contributed by atoms with van der Waals surface area (Å²) >= 11 is 0. The molecule has 106 valence electrons. The SMILES string of the molecule is CC1C(=O)N(c2ccccc2OCC(=O)O)C(=O)C1C. The zero-order chi connectivity index (χ0) is 14.9. The third-order valence-corrected chi connectivity index (χ3v) is 3.43. The summed E-state index contributed by atoms with van der Waals surface area (Å²) in [6, 6.07) is 6.42. The molecule has 2 amide bonds. The molecule has 0 aromatic heterocycles. The number of imide groups is 1. The highest BCUT2D eigenvalue weighted by molar-refractivity contribution is 6.22. The van der Waals surface area contributed by atoms with Crippen molar-refractivity contribution >= 4 is 23.5 Å². The average Bonchev–Trinajstić information content (AvgIpc) is 2.61. The van der Waals surface area contributed by atoms with Gasteiger partial charge in [-0.1, -0.05) is 26.0 Å². The quantitative estimate of drug-likeness (QED) is 0.838. The molecule has 0 saturated carbocycles. The largest absolute Gasteiger partial charge is 0.480 e. The molecule has 0 radical (unpaired) electrons. The van der Waals surface area contributed by atoms with E-state index in [4.69, 9.17) is 9.84 Å². The van der Waals surface area contributed by atoms with Crippen molar-refractivity contribution in [1.29, 1.82) is 0 Å². The topological polar surface area (TPSA) is 83.9 Å². The predicted octanol–water partition coefficient (Wildman–Crippen LogP) is 1.30. The van der Waals surface area contributed by atoms with Crippen LogP contribution in [0.2, 0.25) is 0 Å². The molecule has 1 heterocycles. The molecule has 0 aliphatic carbocycles. The molecule has 0 spiro atoms. The van der Waals surface area contributed by atoms with Crippen molar-refractivity contribution < 1.29 is 24.2 Å². The molecule has 1 N–H and O–H groups in total. The molecule has 20 heavy (non-hydrogen) atoms. The highest BCUT2D eigenvalue weighted by atomic mass is 16.5. The molecule has 2 rings (SSSR count). The van der Waals surface area contributed by atoms with Gasteiger partial charge in [-0.05, 0) is 12.1 Å². The standard InChI is InChI=1S/C14H15NO5/c1-8-9(2)14(19)15(13(8)18)10-5-3-4-6-11(10)20-7-12(16)17/h3-6,8-9H,7H2,1-2H3,(H,16,17). The smallest absolute Gasteiger partial charge is 0.341 e. The van der Waals surface area contributed by atoms with E-state index in [1.165, 1.54) is 6.07 Å². The first kappa shape index (κ1) is 14.0. The summed E-state index contributed by atoms with van der Waals surface area (Å²) in [6.45, 7) is 2.87. The maximum atomic E-state index is 12.2. The van der Waals surface area contributed by atoms with Crippen molar-refractivity contribution in [2.45, 2.75) is 13.8 Å². The number of hydrogen-bond donors (Lipinski definition) is 1. The summed E-state index contributed by atoms with van der Waals surface area (Å²) in [4.78, 5) is 35.9. The molecular weight excluding hydrogens is 262 g/mol. The normalized spacial score (nSPS) is 22.2. The number of rotatable bonds is 4. The second-order valence-corrected chi connectivity index (χ2v) is 4.74. The van der Waals surface area contributed by atoms with Crippen LogP contribution in [0.15, 0.2) is 24.3 Å². The van der Waals surface area contributed by atoms with E-state index in [1.54, 1.807) is 32.0 Å². The van der Waals surface area contributed by atoms with Crippen LogP contribution in [0.25, 0.3) is 0 Å². The number of carbonyl (C=O) groups is 3. The molecule has 6 heteroatoms. The van der Waals surface area contributed by atoms with Crippen molar-refractivity contribution in [2.24, 2.45) is 11.8 Å². The molecule has 1 aromatic carbocycles. The Hall–Kier alpha value is -2.37. The average molecular weight is 277 g/mol. The minimum atomic E-state index is -1.12. The van der Waals surface area contributed by atoms with E-state index in [-0.39, 0.29) is 17.6 Å². The number of carbonyl (C=O) groups excluding carboxylic acids is 2. The molecule has 1 saturated heterocycles. The number of anilines is 1. The maximum Gasteiger partial charge on any atom is 0.341 e. The van der Waals surface area contributed by atoms with E-state index < -0.39 is 24.4 Å². The van der Waals surface area contributed by atoms with Gasteiger partial charge in [-0.3, -0.25) is 9.59 Å². The summed E-state index contributed by atoms with van der Waals surface area (Å²) in [5.41, 5.74) is 0.292. The first-order valence-electron chi connectivity index (χ1n) is 6.25. The number of amides is 2. The van der Waals surface area contributed by atoms with Crippen LogP contribution in [0.5, 0.6) is 5.75 Å².